The van der Waals surface area contributed by atoms with Gasteiger partial charge in [0.25, 0.3) is 0 Å². The zero-order chi connectivity index (χ0) is 13.4. The first kappa shape index (κ1) is 12.2. The van der Waals surface area contributed by atoms with Crippen molar-refractivity contribution in [3.8, 4) is 0 Å². The van der Waals surface area contributed by atoms with E-state index in [9.17, 15) is 4.79 Å². The van der Waals surface area contributed by atoms with Crippen LogP contribution in [0.2, 0.25) is 0 Å². The number of anilines is 2. The molecule has 0 atom stereocenters. The van der Waals surface area contributed by atoms with Crippen molar-refractivity contribution >= 4 is 28.6 Å². The minimum Gasteiger partial charge on any atom is -0.398 e. The van der Waals surface area contributed by atoms with E-state index in [1.807, 2.05) is 34.7 Å². The van der Waals surface area contributed by atoms with Gasteiger partial charge in [-0.05, 0) is 52.9 Å². The van der Waals surface area contributed by atoms with Gasteiger partial charge in [-0.3, -0.25) is 4.79 Å². The quantitative estimate of drug-likeness (QED) is 0.854. The minimum atomic E-state index is 0.153. The second kappa shape index (κ2) is 4.70. The zero-order valence-corrected chi connectivity index (χ0v) is 11.7. The topological polar surface area (TPSA) is 46.3 Å². The Hall–Kier alpha value is -1.81. The van der Waals surface area contributed by atoms with Crippen molar-refractivity contribution in [2.45, 2.75) is 19.8 Å². The number of hydrogen-bond donors (Lipinski definition) is 1. The number of benzene rings is 1. The Balaban J connectivity index is 1.85. The van der Waals surface area contributed by atoms with E-state index in [0.717, 1.165) is 35.5 Å². The predicted molar refractivity (Wildman–Crippen MR) is 79.7 cm³/mol. The molecular weight excluding hydrogens is 256 g/mol. The molecule has 3 rings (SSSR count). The summed E-state index contributed by atoms with van der Waals surface area (Å²) in [5.41, 5.74) is 11.1. The lowest BCUT2D eigenvalue weighted by molar-refractivity contribution is -0.117. The molecule has 0 radical (unpaired) electrons. The summed E-state index contributed by atoms with van der Waals surface area (Å²) in [5, 5.41) is 4.03. The van der Waals surface area contributed by atoms with Crippen LogP contribution in [0.15, 0.2) is 29.0 Å². The maximum Gasteiger partial charge on any atom is 0.231 e. The molecule has 4 heteroatoms. The van der Waals surface area contributed by atoms with Gasteiger partial charge in [-0.15, -0.1) is 0 Å². The van der Waals surface area contributed by atoms with Crippen LogP contribution in [-0.2, 0) is 17.6 Å². The second-order valence-corrected chi connectivity index (χ2v) is 5.72. The number of aryl methyl sites for hydroxylation is 1. The molecule has 0 bridgehead atoms. The van der Waals surface area contributed by atoms with Gasteiger partial charge in [0.1, 0.15) is 0 Å². The Morgan fingerprint density at radius 1 is 1.47 bits per heavy atom. The number of thiophene rings is 1. The third-order valence-corrected chi connectivity index (χ3v) is 4.33. The van der Waals surface area contributed by atoms with Gasteiger partial charge in [-0.1, -0.05) is 6.07 Å². The number of rotatable bonds is 2. The highest BCUT2D eigenvalue weighted by atomic mass is 32.1. The van der Waals surface area contributed by atoms with E-state index in [1.54, 1.807) is 11.3 Å². The molecule has 1 aliphatic rings. The van der Waals surface area contributed by atoms with E-state index in [4.69, 9.17) is 5.73 Å². The van der Waals surface area contributed by atoms with Crippen molar-refractivity contribution in [3.05, 3.63) is 45.6 Å². The normalized spacial score (nSPS) is 13.6. The standard InChI is InChI=1S/C15H16N2OS/c1-10-6-12-2-4-17(14(12)8-13(10)16)15(18)7-11-3-5-19-9-11/h3,5-6,8-9H,2,4,7,16H2,1H3. The molecule has 1 amide bonds. The highest BCUT2D eigenvalue weighted by molar-refractivity contribution is 7.08. The Labute approximate surface area is 116 Å². The van der Waals surface area contributed by atoms with Crippen LogP contribution in [0.5, 0.6) is 0 Å². The van der Waals surface area contributed by atoms with Crippen molar-refractivity contribution in [2.75, 3.05) is 17.2 Å². The third-order valence-electron chi connectivity index (χ3n) is 3.60. The Morgan fingerprint density at radius 2 is 2.32 bits per heavy atom. The minimum absolute atomic E-state index is 0.153. The summed E-state index contributed by atoms with van der Waals surface area (Å²) in [5.74, 6) is 0.153. The molecule has 2 heterocycles. The summed E-state index contributed by atoms with van der Waals surface area (Å²) in [4.78, 5) is 14.2. The SMILES string of the molecule is Cc1cc2c(cc1N)N(C(=O)Cc1ccsc1)CC2. The first-order valence-corrected chi connectivity index (χ1v) is 7.30. The lowest BCUT2D eigenvalue weighted by atomic mass is 10.1. The van der Waals surface area contributed by atoms with Crippen molar-refractivity contribution in [3.63, 3.8) is 0 Å². The van der Waals surface area contributed by atoms with Crippen LogP contribution in [0, 0.1) is 6.92 Å². The number of amides is 1. The fourth-order valence-corrected chi connectivity index (χ4v) is 3.17. The van der Waals surface area contributed by atoms with Crippen LogP contribution in [0.25, 0.3) is 0 Å². The van der Waals surface area contributed by atoms with E-state index in [2.05, 4.69) is 6.07 Å². The lowest BCUT2D eigenvalue weighted by Crippen LogP contribution is -2.30. The van der Waals surface area contributed by atoms with Gasteiger partial charge >= 0.3 is 0 Å². The molecule has 0 saturated heterocycles. The highest BCUT2D eigenvalue weighted by Crippen LogP contribution is 2.32. The number of nitrogen functional groups attached to an aromatic ring is 1. The molecule has 3 nitrogen and oxygen atoms in total. The van der Waals surface area contributed by atoms with Gasteiger partial charge in [-0.25, -0.2) is 0 Å². The van der Waals surface area contributed by atoms with Crippen LogP contribution in [0.4, 0.5) is 11.4 Å². The van der Waals surface area contributed by atoms with Crippen LogP contribution >= 0.6 is 11.3 Å². The zero-order valence-electron chi connectivity index (χ0n) is 10.8. The van der Waals surface area contributed by atoms with Gasteiger partial charge in [0.05, 0.1) is 6.42 Å². The van der Waals surface area contributed by atoms with E-state index in [0.29, 0.717) is 6.42 Å². The average molecular weight is 272 g/mol. The van der Waals surface area contributed by atoms with E-state index in [1.165, 1.54) is 5.56 Å². The average Bonchev–Trinajstić information content (AvgIpc) is 2.99. The van der Waals surface area contributed by atoms with Crippen LogP contribution in [0.1, 0.15) is 16.7 Å². The number of nitrogens with zero attached hydrogens (tertiary/aromatic N) is 1. The van der Waals surface area contributed by atoms with Crippen LogP contribution in [-0.4, -0.2) is 12.5 Å². The molecule has 1 aromatic carbocycles. The molecule has 98 valence electrons. The van der Waals surface area contributed by atoms with Gasteiger partial charge in [-0.2, -0.15) is 11.3 Å². The maximum atomic E-state index is 12.4. The van der Waals surface area contributed by atoms with Crippen molar-refractivity contribution < 1.29 is 4.79 Å². The molecule has 0 saturated carbocycles. The van der Waals surface area contributed by atoms with Crippen molar-refractivity contribution in [1.29, 1.82) is 0 Å². The summed E-state index contributed by atoms with van der Waals surface area (Å²) in [6.07, 6.45) is 1.39. The molecule has 0 spiro atoms. The number of fused-ring (bicyclic) bond motifs is 1. The molecule has 2 N–H and O–H groups in total. The number of hydrogen-bond acceptors (Lipinski definition) is 3. The van der Waals surface area contributed by atoms with Gasteiger partial charge in [0, 0.05) is 17.9 Å². The molecule has 0 fully saturated rings. The summed E-state index contributed by atoms with van der Waals surface area (Å²) in [6, 6.07) is 6.04. The lowest BCUT2D eigenvalue weighted by Gasteiger charge is -2.18. The fourth-order valence-electron chi connectivity index (χ4n) is 2.50. The second-order valence-electron chi connectivity index (χ2n) is 4.94. The van der Waals surface area contributed by atoms with E-state index >= 15 is 0 Å². The molecule has 2 aromatic rings. The molecule has 1 aromatic heterocycles. The molecule has 0 unspecified atom stereocenters. The number of carbonyl (C=O) groups excluding carboxylic acids is 1. The molecule has 19 heavy (non-hydrogen) atoms. The number of nitrogens with two attached hydrogens (primary N) is 1. The van der Waals surface area contributed by atoms with Gasteiger partial charge in [0.2, 0.25) is 5.91 Å². The number of carbonyl (C=O) groups is 1. The first-order valence-electron chi connectivity index (χ1n) is 6.35. The van der Waals surface area contributed by atoms with E-state index in [-0.39, 0.29) is 5.91 Å². The fraction of sp³-hybridized carbons (Fsp3) is 0.267. The predicted octanol–water partition coefficient (Wildman–Crippen LogP) is 2.77. The van der Waals surface area contributed by atoms with Crippen LogP contribution < -0.4 is 10.6 Å². The Morgan fingerprint density at radius 3 is 3.05 bits per heavy atom. The monoisotopic (exact) mass is 272 g/mol. The molecule has 0 aliphatic carbocycles. The Kier molecular flexibility index (Phi) is 3.03. The summed E-state index contributed by atoms with van der Waals surface area (Å²) in [7, 11) is 0. The summed E-state index contributed by atoms with van der Waals surface area (Å²) >= 11 is 1.62. The summed E-state index contributed by atoms with van der Waals surface area (Å²) < 4.78 is 0. The first-order chi connectivity index (χ1) is 9.15. The van der Waals surface area contributed by atoms with Crippen molar-refractivity contribution in [2.24, 2.45) is 0 Å². The van der Waals surface area contributed by atoms with Gasteiger partial charge < -0.3 is 10.6 Å². The smallest absolute Gasteiger partial charge is 0.231 e. The van der Waals surface area contributed by atoms with Gasteiger partial charge in [0.15, 0.2) is 0 Å². The van der Waals surface area contributed by atoms with Crippen molar-refractivity contribution in [1.82, 2.24) is 0 Å². The van der Waals surface area contributed by atoms with E-state index < -0.39 is 0 Å². The third kappa shape index (κ3) is 2.24. The highest BCUT2D eigenvalue weighted by Gasteiger charge is 2.25. The van der Waals surface area contributed by atoms with Crippen LogP contribution in [0.3, 0.4) is 0 Å². The largest absolute Gasteiger partial charge is 0.398 e. The molecular formula is C15H16N2OS. The summed E-state index contributed by atoms with van der Waals surface area (Å²) in [6.45, 7) is 2.77. The molecule has 1 aliphatic heterocycles. The maximum absolute atomic E-state index is 12.4. The Bertz CT molecular complexity index is 619.